The Labute approximate surface area is 184 Å². The van der Waals surface area contributed by atoms with Gasteiger partial charge in [0.15, 0.2) is 5.76 Å². The van der Waals surface area contributed by atoms with Crippen LogP contribution < -0.4 is 5.32 Å². The van der Waals surface area contributed by atoms with E-state index in [1.165, 1.54) is 33.4 Å². The van der Waals surface area contributed by atoms with Crippen molar-refractivity contribution < 1.29 is 13.6 Å². The van der Waals surface area contributed by atoms with E-state index in [9.17, 15) is 4.79 Å². The maximum Gasteiger partial charge on any atom is 0.287 e. The molecule has 0 aliphatic heterocycles. The van der Waals surface area contributed by atoms with E-state index in [1.807, 2.05) is 30.4 Å². The molecule has 0 aliphatic carbocycles. The Hall–Kier alpha value is -3.27. The standard InChI is InChI=1S/C27H31NO3/c1-7-9-22(11-12-23-10-8-15-30-23)28-27(29)26-14-13-24(31-26)16-25-20(5)18(3)17(2)19(4)21(25)6/h7-8,10-15,22H,1,9,16H2,2-6H3,(H,28,29)/b12-11+. The molecule has 0 spiro atoms. The van der Waals surface area contributed by atoms with Crippen molar-refractivity contribution in [3.63, 3.8) is 0 Å². The maximum absolute atomic E-state index is 12.7. The summed E-state index contributed by atoms with van der Waals surface area (Å²) in [5, 5.41) is 2.99. The number of benzene rings is 1. The molecule has 0 aliphatic rings. The first-order chi connectivity index (χ1) is 14.8. The summed E-state index contributed by atoms with van der Waals surface area (Å²) in [4.78, 5) is 12.7. The van der Waals surface area contributed by atoms with Gasteiger partial charge in [-0.05, 0) is 105 Å². The largest absolute Gasteiger partial charge is 0.465 e. The molecule has 31 heavy (non-hydrogen) atoms. The Morgan fingerprint density at radius 1 is 1.03 bits per heavy atom. The number of amides is 1. The lowest BCUT2D eigenvalue weighted by Crippen LogP contribution is -2.32. The normalized spacial score (nSPS) is 12.3. The van der Waals surface area contributed by atoms with Gasteiger partial charge in [0.2, 0.25) is 0 Å². The average Bonchev–Trinajstić information content (AvgIpc) is 3.44. The van der Waals surface area contributed by atoms with Crippen LogP contribution >= 0.6 is 0 Å². The first-order valence-electron chi connectivity index (χ1n) is 10.6. The summed E-state index contributed by atoms with van der Waals surface area (Å²) >= 11 is 0. The van der Waals surface area contributed by atoms with Gasteiger partial charge in [-0.15, -0.1) is 6.58 Å². The Morgan fingerprint density at radius 3 is 2.32 bits per heavy atom. The monoisotopic (exact) mass is 417 g/mol. The van der Waals surface area contributed by atoms with Crippen LogP contribution in [0.3, 0.4) is 0 Å². The summed E-state index contributed by atoms with van der Waals surface area (Å²) < 4.78 is 11.2. The molecule has 1 amide bonds. The molecule has 162 valence electrons. The lowest BCUT2D eigenvalue weighted by atomic mass is 9.88. The van der Waals surface area contributed by atoms with Gasteiger partial charge in [0.05, 0.1) is 12.3 Å². The topological polar surface area (TPSA) is 55.4 Å². The number of carbonyl (C=O) groups excluding carboxylic acids is 1. The highest BCUT2D eigenvalue weighted by molar-refractivity contribution is 5.91. The molecular formula is C27H31NO3. The van der Waals surface area contributed by atoms with Crippen LogP contribution in [0, 0.1) is 34.6 Å². The molecular weight excluding hydrogens is 386 g/mol. The van der Waals surface area contributed by atoms with E-state index in [1.54, 1.807) is 18.4 Å². The van der Waals surface area contributed by atoms with Gasteiger partial charge in [-0.2, -0.15) is 0 Å². The van der Waals surface area contributed by atoms with Gasteiger partial charge in [0.25, 0.3) is 5.91 Å². The molecule has 0 saturated carbocycles. The van der Waals surface area contributed by atoms with Gasteiger partial charge in [0, 0.05) is 6.42 Å². The van der Waals surface area contributed by atoms with Gasteiger partial charge < -0.3 is 14.2 Å². The van der Waals surface area contributed by atoms with Crippen LogP contribution in [0.4, 0.5) is 0 Å². The van der Waals surface area contributed by atoms with Gasteiger partial charge in [0.1, 0.15) is 11.5 Å². The van der Waals surface area contributed by atoms with Crippen molar-refractivity contribution in [1.29, 1.82) is 0 Å². The quantitative estimate of drug-likeness (QED) is 0.432. The molecule has 3 rings (SSSR count). The van der Waals surface area contributed by atoms with Gasteiger partial charge >= 0.3 is 0 Å². The summed E-state index contributed by atoms with van der Waals surface area (Å²) in [5.74, 6) is 1.58. The summed E-state index contributed by atoms with van der Waals surface area (Å²) in [6, 6.07) is 7.12. The fraction of sp³-hybridized carbons (Fsp3) is 0.296. The first-order valence-corrected chi connectivity index (χ1v) is 10.6. The molecule has 4 heteroatoms. The molecule has 4 nitrogen and oxygen atoms in total. The minimum absolute atomic E-state index is 0.199. The zero-order valence-electron chi connectivity index (χ0n) is 19.0. The summed E-state index contributed by atoms with van der Waals surface area (Å²) in [7, 11) is 0. The van der Waals surface area contributed by atoms with Crippen molar-refractivity contribution in [3.05, 3.63) is 99.9 Å². The van der Waals surface area contributed by atoms with E-state index in [2.05, 4.69) is 46.5 Å². The fourth-order valence-electron chi connectivity index (χ4n) is 3.81. The summed E-state index contributed by atoms with van der Waals surface area (Å²) in [6.07, 6.45) is 8.41. The Morgan fingerprint density at radius 2 is 1.71 bits per heavy atom. The molecule has 1 N–H and O–H groups in total. The summed E-state index contributed by atoms with van der Waals surface area (Å²) in [5.41, 5.74) is 7.83. The van der Waals surface area contributed by atoms with Crippen molar-refractivity contribution in [2.45, 2.75) is 53.5 Å². The molecule has 2 aromatic heterocycles. The molecule has 0 bridgehead atoms. The SMILES string of the molecule is C=CCC(/C=C/c1ccco1)NC(=O)c1ccc(Cc2c(C)c(C)c(C)c(C)c2C)o1. The highest BCUT2D eigenvalue weighted by Crippen LogP contribution is 2.28. The Balaban J connectivity index is 1.74. The van der Waals surface area contributed by atoms with Crippen LogP contribution in [-0.2, 0) is 6.42 Å². The third kappa shape index (κ3) is 5.08. The van der Waals surface area contributed by atoms with Crippen molar-refractivity contribution in [2.75, 3.05) is 0 Å². The van der Waals surface area contributed by atoms with Crippen LogP contribution in [0.1, 0.15) is 61.9 Å². The Bertz CT molecular complexity index is 1070. The van der Waals surface area contributed by atoms with E-state index in [0.29, 0.717) is 18.6 Å². The highest BCUT2D eigenvalue weighted by Gasteiger charge is 2.17. The molecule has 1 unspecified atom stereocenters. The van der Waals surface area contributed by atoms with Crippen LogP contribution in [0.15, 0.2) is 58.1 Å². The van der Waals surface area contributed by atoms with E-state index in [4.69, 9.17) is 8.83 Å². The number of furan rings is 2. The molecule has 0 saturated heterocycles. The van der Waals surface area contributed by atoms with Crippen molar-refractivity contribution >= 4 is 12.0 Å². The lowest BCUT2D eigenvalue weighted by Gasteiger charge is -2.18. The number of rotatable bonds is 8. The number of hydrogen-bond donors (Lipinski definition) is 1. The van der Waals surface area contributed by atoms with E-state index < -0.39 is 0 Å². The van der Waals surface area contributed by atoms with E-state index in [-0.39, 0.29) is 11.9 Å². The number of carbonyl (C=O) groups is 1. The average molecular weight is 418 g/mol. The molecule has 0 fully saturated rings. The smallest absolute Gasteiger partial charge is 0.287 e. The minimum Gasteiger partial charge on any atom is -0.465 e. The van der Waals surface area contributed by atoms with Crippen molar-refractivity contribution in [3.8, 4) is 0 Å². The molecule has 2 heterocycles. The fourth-order valence-corrected chi connectivity index (χ4v) is 3.81. The van der Waals surface area contributed by atoms with Gasteiger partial charge in [-0.1, -0.05) is 12.2 Å². The summed E-state index contributed by atoms with van der Waals surface area (Å²) in [6.45, 7) is 14.6. The van der Waals surface area contributed by atoms with Gasteiger partial charge in [-0.25, -0.2) is 0 Å². The zero-order valence-corrected chi connectivity index (χ0v) is 19.0. The van der Waals surface area contributed by atoms with Crippen molar-refractivity contribution in [1.82, 2.24) is 5.32 Å². The molecule has 0 radical (unpaired) electrons. The third-order valence-corrected chi connectivity index (χ3v) is 6.16. The molecule has 3 aromatic rings. The number of nitrogens with one attached hydrogen (secondary N) is 1. The second kappa shape index (κ2) is 9.69. The Kier molecular flexibility index (Phi) is 7.01. The van der Waals surface area contributed by atoms with E-state index >= 15 is 0 Å². The zero-order chi connectivity index (χ0) is 22.5. The second-order valence-electron chi connectivity index (χ2n) is 8.03. The number of hydrogen-bond acceptors (Lipinski definition) is 3. The van der Waals surface area contributed by atoms with Crippen LogP contribution in [0.25, 0.3) is 6.08 Å². The van der Waals surface area contributed by atoms with Crippen LogP contribution in [0.5, 0.6) is 0 Å². The van der Waals surface area contributed by atoms with E-state index in [0.717, 1.165) is 11.5 Å². The first kappa shape index (κ1) is 22.4. The highest BCUT2D eigenvalue weighted by atomic mass is 16.4. The van der Waals surface area contributed by atoms with Crippen LogP contribution in [-0.4, -0.2) is 11.9 Å². The second-order valence-corrected chi connectivity index (χ2v) is 8.03. The lowest BCUT2D eigenvalue weighted by molar-refractivity contribution is 0.0915. The predicted octanol–water partition coefficient (Wildman–Crippen LogP) is 6.39. The van der Waals surface area contributed by atoms with Gasteiger partial charge in [-0.3, -0.25) is 4.79 Å². The minimum atomic E-state index is -0.244. The predicted molar refractivity (Wildman–Crippen MR) is 125 cm³/mol. The third-order valence-electron chi connectivity index (χ3n) is 6.16. The van der Waals surface area contributed by atoms with Crippen LogP contribution in [0.2, 0.25) is 0 Å². The van der Waals surface area contributed by atoms with Crippen molar-refractivity contribution in [2.24, 2.45) is 0 Å². The molecule has 1 aromatic carbocycles. The maximum atomic E-state index is 12.7. The molecule has 1 atom stereocenters.